The summed E-state index contributed by atoms with van der Waals surface area (Å²) in [5.74, 6) is 0.594. The Morgan fingerprint density at radius 3 is 2.48 bits per heavy atom. The van der Waals surface area contributed by atoms with Crippen molar-refractivity contribution in [2.45, 2.75) is 36.5 Å². The van der Waals surface area contributed by atoms with Crippen LogP contribution in [0.5, 0.6) is 0 Å². The average Bonchev–Trinajstić information content (AvgIpc) is 2.69. The molecule has 1 saturated heterocycles. The predicted octanol–water partition coefficient (Wildman–Crippen LogP) is 3.09. The smallest absolute Gasteiger partial charge is 0.367 e. The van der Waals surface area contributed by atoms with Crippen LogP contribution >= 0.6 is 0 Å². The molecule has 1 fully saturated rings. The SMILES string of the molecule is CNS(=O)(=O)c1ccc(NC2CCN(Cc3cccc(C(F)(F)F)c3)CC2)nc1. The Labute approximate surface area is 168 Å². The Hall–Kier alpha value is -2.17. The van der Waals surface area contributed by atoms with Gasteiger partial charge in [-0.3, -0.25) is 4.90 Å². The highest BCUT2D eigenvalue weighted by atomic mass is 32.2. The van der Waals surface area contributed by atoms with Crippen molar-refractivity contribution in [3.8, 4) is 0 Å². The second kappa shape index (κ2) is 8.68. The van der Waals surface area contributed by atoms with Crippen molar-refractivity contribution in [2.24, 2.45) is 0 Å². The average molecular weight is 428 g/mol. The monoisotopic (exact) mass is 428 g/mol. The van der Waals surface area contributed by atoms with Crippen molar-refractivity contribution in [3.05, 3.63) is 53.7 Å². The zero-order chi connectivity index (χ0) is 21.1. The fraction of sp³-hybridized carbons (Fsp3) is 0.421. The lowest BCUT2D eigenvalue weighted by atomic mass is 10.0. The molecule has 2 N–H and O–H groups in total. The zero-order valence-corrected chi connectivity index (χ0v) is 16.7. The van der Waals surface area contributed by atoms with E-state index < -0.39 is 21.8 Å². The van der Waals surface area contributed by atoms with Crippen LogP contribution < -0.4 is 10.0 Å². The molecule has 1 aliphatic heterocycles. The van der Waals surface area contributed by atoms with Gasteiger partial charge in [0.15, 0.2) is 0 Å². The van der Waals surface area contributed by atoms with Crippen LogP contribution in [-0.2, 0) is 22.7 Å². The number of halogens is 3. The molecule has 0 unspecified atom stereocenters. The van der Waals surface area contributed by atoms with Gasteiger partial charge in [-0.15, -0.1) is 0 Å². The minimum Gasteiger partial charge on any atom is -0.367 e. The number of aromatic nitrogens is 1. The number of rotatable bonds is 6. The standard InChI is InChI=1S/C19H23F3N4O2S/c1-23-29(27,28)17-5-6-18(24-12-17)25-16-7-9-26(10-8-16)13-14-3-2-4-15(11-14)19(20,21)22/h2-6,11-12,16,23H,7-10,13H2,1H3,(H,24,25). The van der Waals surface area contributed by atoms with Crippen LogP contribution in [0.3, 0.4) is 0 Å². The molecule has 29 heavy (non-hydrogen) atoms. The Kier molecular flexibility index (Phi) is 6.45. The number of alkyl halides is 3. The molecule has 0 spiro atoms. The Morgan fingerprint density at radius 1 is 1.17 bits per heavy atom. The van der Waals surface area contributed by atoms with E-state index in [4.69, 9.17) is 0 Å². The summed E-state index contributed by atoms with van der Waals surface area (Å²) < 4.78 is 64.2. The summed E-state index contributed by atoms with van der Waals surface area (Å²) in [6.07, 6.45) is -1.40. The van der Waals surface area contributed by atoms with Crippen molar-refractivity contribution in [2.75, 3.05) is 25.5 Å². The number of nitrogens with zero attached hydrogens (tertiary/aromatic N) is 2. The van der Waals surface area contributed by atoms with Crippen LogP contribution in [0.15, 0.2) is 47.5 Å². The molecular formula is C19H23F3N4O2S. The van der Waals surface area contributed by atoms with Crippen LogP contribution in [-0.4, -0.2) is 44.5 Å². The van der Waals surface area contributed by atoms with Gasteiger partial charge in [-0.05, 0) is 43.7 Å². The van der Waals surface area contributed by atoms with Crippen LogP contribution in [0.1, 0.15) is 24.0 Å². The Morgan fingerprint density at radius 2 is 1.90 bits per heavy atom. The molecule has 1 aromatic heterocycles. The topological polar surface area (TPSA) is 74.3 Å². The van der Waals surface area contributed by atoms with Crippen LogP contribution in [0.4, 0.5) is 19.0 Å². The maximum atomic E-state index is 12.9. The van der Waals surface area contributed by atoms with Gasteiger partial charge in [-0.25, -0.2) is 18.1 Å². The number of hydrogen-bond donors (Lipinski definition) is 2. The highest BCUT2D eigenvalue weighted by molar-refractivity contribution is 7.89. The summed E-state index contributed by atoms with van der Waals surface area (Å²) in [7, 11) is -2.17. The highest BCUT2D eigenvalue weighted by Crippen LogP contribution is 2.30. The molecule has 6 nitrogen and oxygen atoms in total. The fourth-order valence-corrected chi connectivity index (χ4v) is 3.97. The minimum atomic E-state index is -4.33. The summed E-state index contributed by atoms with van der Waals surface area (Å²) in [5, 5.41) is 3.29. The van der Waals surface area contributed by atoms with Crippen molar-refractivity contribution >= 4 is 15.8 Å². The maximum Gasteiger partial charge on any atom is 0.416 e. The van der Waals surface area contributed by atoms with E-state index in [0.29, 0.717) is 17.9 Å². The van der Waals surface area contributed by atoms with Gasteiger partial charge in [0.05, 0.1) is 5.56 Å². The molecule has 0 saturated carbocycles. The van der Waals surface area contributed by atoms with Gasteiger partial charge in [-0.1, -0.05) is 18.2 Å². The molecule has 0 amide bonds. The second-order valence-electron chi connectivity index (χ2n) is 6.98. The normalized spacial score (nSPS) is 16.7. The van der Waals surface area contributed by atoms with Gasteiger partial charge in [0.25, 0.3) is 0 Å². The molecule has 0 aliphatic carbocycles. The van der Waals surface area contributed by atoms with Crippen LogP contribution in [0, 0.1) is 0 Å². The zero-order valence-electron chi connectivity index (χ0n) is 15.9. The number of benzene rings is 1. The molecule has 2 aromatic rings. The molecule has 1 aliphatic rings. The van der Waals surface area contributed by atoms with E-state index in [-0.39, 0.29) is 10.9 Å². The van der Waals surface area contributed by atoms with E-state index in [1.54, 1.807) is 12.1 Å². The summed E-state index contributed by atoms with van der Waals surface area (Å²) in [6, 6.07) is 8.73. The number of pyridine rings is 1. The molecule has 0 bridgehead atoms. The predicted molar refractivity (Wildman–Crippen MR) is 104 cm³/mol. The lowest BCUT2D eigenvalue weighted by Crippen LogP contribution is -2.38. The minimum absolute atomic E-state index is 0.0986. The lowest BCUT2D eigenvalue weighted by Gasteiger charge is -2.32. The number of sulfonamides is 1. The largest absolute Gasteiger partial charge is 0.416 e. The van der Waals surface area contributed by atoms with Crippen LogP contribution in [0.25, 0.3) is 0 Å². The van der Waals surface area contributed by atoms with Gasteiger partial charge in [0, 0.05) is 31.9 Å². The van der Waals surface area contributed by atoms with Crippen molar-refractivity contribution in [1.82, 2.24) is 14.6 Å². The third kappa shape index (κ3) is 5.68. The van der Waals surface area contributed by atoms with E-state index in [9.17, 15) is 21.6 Å². The lowest BCUT2D eigenvalue weighted by molar-refractivity contribution is -0.137. The Balaban J connectivity index is 1.52. The molecule has 10 heteroatoms. The van der Waals surface area contributed by atoms with Gasteiger partial charge in [-0.2, -0.15) is 13.2 Å². The summed E-state index contributed by atoms with van der Waals surface area (Å²) in [4.78, 5) is 6.38. The number of anilines is 1. The summed E-state index contributed by atoms with van der Waals surface area (Å²) >= 11 is 0. The third-order valence-electron chi connectivity index (χ3n) is 4.92. The van der Waals surface area contributed by atoms with E-state index >= 15 is 0 Å². The second-order valence-corrected chi connectivity index (χ2v) is 8.87. The first-order valence-electron chi connectivity index (χ1n) is 9.22. The first-order valence-corrected chi connectivity index (χ1v) is 10.7. The van der Waals surface area contributed by atoms with Gasteiger partial charge < -0.3 is 5.32 Å². The molecule has 2 heterocycles. The molecule has 158 valence electrons. The number of hydrogen-bond acceptors (Lipinski definition) is 5. The quantitative estimate of drug-likeness (QED) is 0.740. The van der Waals surface area contributed by atoms with Gasteiger partial charge in [0.1, 0.15) is 10.7 Å². The Bertz CT molecular complexity index is 925. The van der Waals surface area contributed by atoms with Gasteiger partial charge in [0.2, 0.25) is 10.0 Å². The number of piperidine rings is 1. The van der Waals surface area contributed by atoms with Crippen molar-refractivity contribution < 1.29 is 21.6 Å². The molecule has 0 atom stereocenters. The summed E-state index contributed by atoms with van der Waals surface area (Å²) in [6.45, 7) is 1.98. The van der Waals surface area contributed by atoms with E-state index in [2.05, 4.69) is 19.9 Å². The highest BCUT2D eigenvalue weighted by Gasteiger charge is 2.30. The van der Waals surface area contributed by atoms with Gasteiger partial charge >= 0.3 is 6.18 Å². The third-order valence-corrected chi connectivity index (χ3v) is 6.32. The van der Waals surface area contributed by atoms with Crippen molar-refractivity contribution in [1.29, 1.82) is 0 Å². The van der Waals surface area contributed by atoms with E-state index in [0.717, 1.165) is 32.0 Å². The number of likely N-dealkylation sites (tertiary alicyclic amines) is 1. The molecule has 0 radical (unpaired) electrons. The number of nitrogens with one attached hydrogen (secondary N) is 2. The summed E-state index contributed by atoms with van der Waals surface area (Å²) in [5.41, 5.74) is 0.0237. The first kappa shape index (κ1) is 21.5. The first-order chi connectivity index (χ1) is 13.7. The fourth-order valence-electron chi connectivity index (χ4n) is 3.29. The van der Waals surface area contributed by atoms with Crippen LogP contribution in [0.2, 0.25) is 0 Å². The molecular weight excluding hydrogens is 405 g/mol. The van der Waals surface area contributed by atoms with E-state index in [1.807, 2.05) is 0 Å². The van der Waals surface area contributed by atoms with E-state index in [1.165, 1.54) is 31.4 Å². The van der Waals surface area contributed by atoms with Crippen molar-refractivity contribution in [3.63, 3.8) is 0 Å². The molecule has 3 rings (SSSR count). The molecule has 1 aromatic carbocycles. The maximum absolute atomic E-state index is 12.9.